The third-order valence-corrected chi connectivity index (χ3v) is 4.23. The zero-order chi connectivity index (χ0) is 13.3. The van der Waals surface area contributed by atoms with Crippen molar-refractivity contribution in [2.45, 2.75) is 51.3 Å². The number of alkyl halides is 1. The van der Waals surface area contributed by atoms with Crippen LogP contribution in [0.5, 0.6) is 0 Å². The number of rotatable bonds is 9. The third-order valence-electron chi connectivity index (χ3n) is 2.78. The van der Waals surface area contributed by atoms with Gasteiger partial charge in [0, 0.05) is 13.1 Å². The average Bonchev–Trinajstić information content (AvgIpc) is 2.31. The van der Waals surface area contributed by atoms with Gasteiger partial charge in [-0.3, -0.25) is 4.79 Å². The van der Waals surface area contributed by atoms with Crippen molar-refractivity contribution in [3.05, 3.63) is 0 Å². The van der Waals surface area contributed by atoms with Gasteiger partial charge in [-0.2, -0.15) is 0 Å². The van der Waals surface area contributed by atoms with Gasteiger partial charge in [0.05, 0.1) is 11.4 Å². The molecule has 1 N–H and O–H groups in total. The first-order valence-corrected chi connectivity index (χ1v) is 7.49. The molecular weight excluding hydrogens is 282 g/mol. The van der Waals surface area contributed by atoms with Gasteiger partial charge in [-0.15, -0.1) is 0 Å². The number of hydrogen-bond donors (Lipinski definition) is 1. The summed E-state index contributed by atoms with van der Waals surface area (Å²) in [6, 6.07) is 0. The fourth-order valence-electron chi connectivity index (χ4n) is 1.64. The Morgan fingerprint density at radius 1 is 1.24 bits per heavy atom. The predicted molar refractivity (Wildman–Crippen MR) is 75.4 cm³/mol. The summed E-state index contributed by atoms with van der Waals surface area (Å²) in [7, 11) is 0. The zero-order valence-electron chi connectivity index (χ0n) is 11.3. The first-order chi connectivity index (χ1) is 8.04. The summed E-state index contributed by atoms with van der Waals surface area (Å²) in [5.41, 5.74) is 0. The Labute approximate surface area is 114 Å². The predicted octanol–water partition coefficient (Wildman–Crippen LogP) is 2.81. The second kappa shape index (κ2) is 9.89. The Morgan fingerprint density at radius 3 is 2.35 bits per heavy atom. The van der Waals surface area contributed by atoms with Crippen LogP contribution in [0.4, 0.5) is 0 Å². The first kappa shape index (κ1) is 16.9. The van der Waals surface area contributed by atoms with E-state index in [0.29, 0.717) is 6.54 Å². The lowest BCUT2D eigenvalue weighted by Crippen LogP contribution is -2.41. The van der Waals surface area contributed by atoms with E-state index in [2.05, 4.69) is 22.9 Å². The van der Waals surface area contributed by atoms with Gasteiger partial charge in [0.15, 0.2) is 0 Å². The maximum Gasteiger partial charge on any atom is 0.236 e. The van der Waals surface area contributed by atoms with Crippen molar-refractivity contribution in [1.82, 2.24) is 4.90 Å². The van der Waals surface area contributed by atoms with E-state index in [0.717, 1.165) is 19.4 Å². The molecule has 0 saturated carbocycles. The zero-order valence-corrected chi connectivity index (χ0v) is 12.9. The van der Waals surface area contributed by atoms with Crippen molar-refractivity contribution < 1.29 is 9.90 Å². The third kappa shape index (κ3) is 7.04. The van der Waals surface area contributed by atoms with Crippen LogP contribution in [0.2, 0.25) is 0 Å². The molecule has 4 heteroatoms. The molecule has 0 saturated heterocycles. The van der Waals surface area contributed by atoms with Crippen molar-refractivity contribution in [2.24, 2.45) is 5.92 Å². The van der Waals surface area contributed by atoms with Crippen LogP contribution in [0.1, 0.15) is 46.5 Å². The van der Waals surface area contributed by atoms with E-state index < -0.39 is 0 Å². The Kier molecular flexibility index (Phi) is 9.84. The quantitative estimate of drug-likeness (QED) is 0.525. The smallest absolute Gasteiger partial charge is 0.236 e. The molecule has 102 valence electrons. The van der Waals surface area contributed by atoms with Crippen LogP contribution in [-0.4, -0.2) is 40.4 Å². The highest BCUT2D eigenvalue weighted by Gasteiger charge is 2.23. The molecular formula is C13H26BrNO2. The van der Waals surface area contributed by atoms with Crippen molar-refractivity contribution in [2.75, 3.05) is 19.7 Å². The summed E-state index contributed by atoms with van der Waals surface area (Å²) in [5.74, 6) is 0.380. The van der Waals surface area contributed by atoms with Crippen molar-refractivity contribution in [3.63, 3.8) is 0 Å². The fraction of sp³-hybridized carbons (Fsp3) is 0.923. The minimum Gasteiger partial charge on any atom is -0.395 e. The molecule has 1 unspecified atom stereocenters. The number of hydrogen-bond acceptors (Lipinski definition) is 2. The van der Waals surface area contributed by atoms with E-state index >= 15 is 0 Å². The number of carbonyl (C=O) groups is 1. The molecule has 0 radical (unpaired) electrons. The van der Waals surface area contributed by atoms with E-state index in [1.165, 1.54) is 12.8 Å². The highest BCUT2D eigenvalue weighted by atomic mass is 79.9. The number of amides is 1. The van der Waals surface area contributed by atoms with Gasteiger partial charge in [0.2, 0.25) is 5.91 Å². The number of halogens is 1. The maximum absolute atomic E-state index is 12.1. The van der Waals surface area contributed by atoms with E-state index in [-0.39, 0.29) is 23.3 Å². The number of aliphatic hydroxyl groups is 1. The summed E-state index contributed by atoms with van der Waals surface area (Å²) in [5, 5.41) is 9.00. The van der Waals surface area contributed by atoms with Crippen LogP contribution < -0.4 is 0 Å². The summed E-state index contributed by atoms with van der Waals surface area (Å²) >= 11 is 3.43. The number of nitrogens with zero attached hydrogens (tertiary/aromatic N) is 1. The molecule has 0 aliphatic heterocycles. The van der Waals surface area contributed by atoms with Gasteiger partial charge in [0.1, 0.15) is 0 Å². The summed E-state index contributed by atoms with van der Waals surface area (Å²) in [6.07, 6.45) is 4.59. The molecule has 0 fully saturated rings. The van der Waals surface area contributed by atoms with Crippen LogP contribution in [-0.2, 0) is 4.79 Å². The molecule has 1 atom stereocenters. The largest absolute Gasteiger partial charge is 0.395 e. The highest BCUT2D eigenvalue weighted by molar-refractivity contribution is 9.10. The van der Waals surface area contributed by atoms with E-state index in [9.17, 15) is 4.79 Å². The van der Waals surface area contributed by atoms with Crippen LogP contribution in [0.25, 0.3) is 0 Å². The summed E-state index contributed by atoms with van der Waals surface area (Å²) in [4.78, 5) is 13.7. The van der Waals surface area contributed by atoms with Gasteiger partial charge in [-0.25, -0.2) is 0 Å². The minimum atomic E-state index is -0.139. The molecule has 0 rings (SSSR count). The molecule has 17 heavy (non-hydrogen) atoms. The Bertz CT molecular complexity index is 210. The molecule has 0 aromatic carbocycles. The SMILES string of the molecule is CCCCCCN(CCO)C(=O)C(Br)C(C)C. The van der Waals surface area contributed by atoms with E-state index in [1.54, 1.807) is 4.90 Å². The normalized spacial score (nSPS) is 12.8. The van der Waals surface area contributed by atoms with Gasteiger partial charge in [-0.05, 0) is 12.3 Å². The van der Waals surface area contributed by atoms with Gasteiger partial charge < -0.3 is 10.0 Å². The monoisotopic (exact) mass is 307 g/mol. The number of aliphatic hydroxyl groups excluding tert-OH is 1. The highest BCUT2D eigenvalue weighted by Crippen LogP contribution is 2.15. The van der Waals surface area contributed by atoms with Gasteiger partial charge in [0.25, 0.3) is 0 Å². The summed E-state index contributed by atoms with van der Waals surface area (Å²) < 4.78 is 0. The number of unbranched alkanes of at least 4 members (excludes halogenated alkanes) is 3. The van der Waals surface area contributed by atoms with Gasteiger partial charge >= 0.3 is 0 Å². The molecule has 0 aliphatic rings. The Morgan fingerprint density at radius 2 is 1.88 bits per heavy atom. The molecule has 0 heterocycles. The second-order valence-electron chi connectivity index (χ2n) is 4.76. The molecule has 3 nitrogen and oxygen atoms in total. The van der Waals surface area contributed by atoms with Crippen molar-refractivity contribution >= 4 is 21.8 Å². The minimum absolute atomic E-state index is 0.0390. The lowest BCUT2D eigenvalue weighted by Gasteiger charge is -2.26. The Hall–Kier alpha value is -0.0900. The standard InChI is InChI=1S/C13H26BrNO2/c1-4-5-6-7-8-15(9-10-16)13(17)12(14)11(2)3/h11-12,16H,4-10H2,1-3H3. The summed E-state index contributed by atoms with van der Waals surface area (Å²) in [6.45, 7) is 7.45. The van der Waals surface area contributed by atoms with Crippen LogP contribution in [0, 0.1) is 5.92 Å². The van der Waals surface area contributed by atoms with Crippen molar-refractivity contribution in [3.8, 4) is 0 Å². The Balaban J connectivity index is 4.16. The lowest BCUT2D eigenvalue weighted by atomic mass is 10.1. The molecule has 0 aromatic heterocycles. The van der Waals surface area contributed by atoms with Crippen LogP contribution in [0.3, 0.4) is 0 Å². The van der Waals surface area contributed by atoms with Crippen LogP contribution >= 0.6 is 15.9 Å². The second-order valence-corrected chi connectivity index (χ2v) is 5.74. The first-order valence-electron chi connectivity index (χ1n) is 6.58. The lowest BCUT2D eigenvalue weighted by molar-refractivity contribution is -0.131. The van der Waals surface area contributed by atoms with Crippen molar-refractivity contribution in [1.29, 1.82) is 0 Å². The molecule has 0 bridgehead atoms. The molecule has 0 aromatic rings. The molecule has 0 spiro atoms. The average molecular weight is 308 g/mol. The molecule has 1 amide bonds. The van der Waals surface area contributed by atoms with E-state index in [4.69, 9.17) is 5.11 Å². The number of carbonyl (C=O) groups excluding carboxylic acids is 1. The van der Waals surface area contributed by atoms with Crippen LogP contribution in [0.15, 0.2) is 0 Å². The fourth-order valence-corrected chi connectivity index (χ4v) is 1.93. The van der Waals surface area contributed by atoms with Gasteiger partial charge in [-0.1, -0.05) is 56.0 Å². The van der Waals surface area contributed by atoms with E-state index in [1.807, 2.05) is 13.8 Å². The topological polar surface area (TPSA) is 40.5 Å². The molecule has 0 aliphatic carbocycles. The maximum atomic E-state index is 12.1.